The van der Waals surface area contributed by atoms with E-state index < -0.39 is 4.92 Å². The van der Waals surface area contributed by atoms with Crippen LogP contribution in [0.15, 0.2) is 23.0 Å². The molecule has 2 rings (SSSR count). The summed E-state index contributed by atoms with van der Waals surface area (Å²) in [6.07, 6.45) is 2.72. The Morgan fingerprint density at radius 1 is 1.33 bits per heavy atom. The van der Waals surface area contributed by atoms with E-state index in [0.29, 0.717) is 24.7 Å². The van der Waals surface area contributed by atoms with Crippen molar-refractivity contribution < 1.29 is 9.45 Å². The van der Waals surface area contributed by atoms with Crippen LogP contribution in [0.1, 0.15) is 19.2 Å². The number of nitrogens with one attached hydrogen (secondary N) is 2. The Kier molecular flexibility index (Phi) is 5.02. The molecule has 2 aromatic heterocycles. The Bertz CT molecular complexity index is 587. The van der Waals surface area contributed by atoms with Crippen LogP contribution in [0.5, 0.6) is 0 Å². The summed E-state index contributed by atoms with van der Waals surface area (Å²) >= 11 is 0. The number of aromatic nitrogens is 3. The van der Waals surface area contributed by atoms with Gasteiger partial charge in [0.25, 0.3) is 0 Å². The SMILES string of the molecule is CCCNc1ccc([N+](=O)[O-])c(NCCc2ncno2)n1. The zero-order valence-corrected chi connectivity index (χ0v) is 11.6. The van der Waals surface area contributed by atoms with Crippen molar-refractivity contribution in [2.24, 2.45) is 0 Å². The van der Waals surface area contributed by atoms with Crippen LogP contribution in [0, 0.1) is 10.1 Å². The van der Waals surface area contributed by atoms with Crippen molar-refractivity contribution in [2.45, 2.75) is 19.8 Å². The maximum atomic E-state index is 11.0. The van der Waals surface area contributed by atoms with Crippen LogP contribution < -0.4 is 10.6 Å². The summed E-state index contributed by atoms with van der Waals surface area (Å²) < 4.78 is 4.86. The fourth-order valence-corrected chi connectivity index (χ4v) is 1.67. The molecule has 0 amide bonds. The first-order valence-electron chi connectivity index (χ1n) is 6.59. The predicted molar refractivity (Wildman–Crippen MR) is 76.2 cm³/mol. The first-order chi connectivity index (χ1) is 10.2. The van der Waals surface area contributed by atoms with Gasteiger partial charge in [0.05, 0.1) is 4.92 Å². The van der Waals surface area contributed by atoms with Crippen LogP contribution in [0.25, 0.3) is 0 Å². The van der Waals surface area contributed by atoms with Crippen molar-refractivity contribution in [3.8, 4) is 0 Å². The van der Waals surface area contributed by atoms with Crippen molar-refractivity contribution in [2.75, 3.05) is 23.7 Å². The third kappa shape index (κ3) is 4.13. The fraction of sp³-hybridized carbons (Fsp3) is 0.417. The lowest BCUT2D eigenvalue weighted by molar-refractivity contribution is -0.384. The molecular weight excluding hydrogens is 276 g/mol. The Labute approximate surface area is 120 Å². The number of hydrogen-bond acceptors (Lipinski definition) is 8. The molecule has 0 unspecified atom stereocenters. The largest absolute Gasteiger partial charge is 0.370 e. The predicted octanol–water partition coefficient (Wildman–Crippen LogP) is 1.85. The highest BCUT2D eigenvalue weighted by Gasteiger charge is 2.15. The maximum Gasteiger partial charge on any atom is 0.311 e. The highest BCUT2D eigenvalue weighted by molar-refractivity contribution is 5.60. The fourth-order valence-electron chi connectivity index (χ4n) is 1.67. The Morgan fingerprint density at radius 2 is 2.19 bits per heavy atom. The van der Waals surface area contributed by atoms with E-state index in [1.54, 1.807) is 6.07 Å². The number of hydrogen-bond donors (Lipinski definition) is 2. The smallest absolute Gasteiger partial charge is 0.311 e. The molecule has 0 radical (unpaired) electrons. The monoisotopic (exact) mass is 292 g/mol. The lowest BCUT2D eigenvalue weighted by Gasteiger charge is -2.08. The summed E-state index contributed by atoms with van der Waals surface area (Å²) in [5, 5.41) is 20.5. The van der Waals surface area contributed by atoms with Crippen LogP contribution in [-0.4, -0.2) is 33.1 Å². The van der Waals surface area contributed by atoms with Gasteiger partial charge in [-0.1, -0.05) is 12.1 Å². The third-order valence-corrected chi connectivity index (χ3v) is 2.67. The summed E-state index contributed by atoms with van der Waals surface area (Å²) in [5.41, 5.74) is -0.0671. The second-order valence-electron chi connectivity index (χ2n) is 4.26. The number of rotatable bonds is 8. The molecule has 2 aromatic rings. The average molecular weight is 292 g/mol. The molecule has 0 aliphatic heterocycles. The summed E-state index contributed by atoms with van der Waals surface area (Å²) in [6.45, 7) is 3.20. The molecule has 2 heterocycles. The van der Waals surface area contributed by atoms with Crippen molar-refractivity contribution in [3.63, 3.8) is 0 Å². The van der Waals surface area contributed by atoms with E-state index in [1.165, 1.54) is 12.4 Å². The van der Waals surface area contributed by atoms with Gasteiger partial charge in [-0.3, -0.25) is 10.1 Å². The molecule has 0 fully saturated rings. The molecule has 0 aromatic carbocycles. The highest BCUT2D eigenvalue weighted by Crippen LogP contribution is 2.23. The van der Waals surface area contributed by atoms with E-state index in [-0.39, 0.29) is 11.5 Å². The molecule has 0 saturated carbocycles. The third-order valence-electron chi connectivity index (χ3n) is 2.67. The van der Waals surface area contributed by atoms with Gasteiger partial charge in [-0.15, -0.1) is 0 Å². The van der Waals surface area contributed by atoms with E-state index in [4.69, 9.17) is 4.52 Å². The van der Waals surface area contributed by atoms with Gasteiger partial charge in [0.15, 0.2) is 6.33 Å². The quantitative estimate of drug-likeness (QED) is 0.558. The molecule has 0 aliphatic carbocycles. The Morgan fingerprint density at radius 3 is 2.86 bits per heavy atom. The molecule has 0 spiro atoms. The van der Waals surface area contributed by atoms with Gasteiger partial charge in [0, 0.05) is 25.6 Å². The minimum absolute atomic E-state index is 0.0671. The summed E-state index contributed by atoms with van der Waals surface area (Å²) in [4.78, 5) is 18.6. The van der Waals surface area contributed by atoms with Crippen molar-refractivity contribution in [1.82, 2.24) is 15.1 Å². The van der Waals surface area contributed by atoms with Gasteiger partial charge in [0.2, 0.25) is 11.7 Å². The van der Waals surface area contributed by atoms with E-state index in [1.807, 2.05) is 6.92 Å². The summed E-state index contributed by atoms with van der Waals surface area (Å²) in [7, 11) is 0. The van der Waals surface area contributed by atoms with Crippen LogP contribution in [0.2, 0.25) is 0 Å². The molecule has 2 N–H and O–H groups in total. The summed E-state index contributed by atoms with van der Waals surface area (Å²) in [6, 6.07) is 3.02. The Balaban J connectivity index is 2.04. The van der Waals surface area contributed by atoms with E-state index >= 15 is 0 Å². The number of nitrogens with zero attached hydrogens (tertiary/aromatic N) is 4. The second-order valence-corrected chi connectivity index (χ2v) is 4.26. The van der Waals surface area contributed by atoms with Crippen LogP contribution >= 0.6 is 0 Å². The van der Waals surface area contributed by atoms with Gasteiger partial charge in [-0.2, -0.15) is 4.98 Å². The zero-order valence-electron chi connectivity index (χ0n) is 11.6. The normalized spacial score (nSPS) is 10.3. The van der Waals surface area contributed by atoms with Crippen molar-refractivity contribution >= 4 is 17.3 Å². The van der Waals surface area contributed by atoms with Gasteiger partial charge in [0.1, 0.15) is 5.82 Å². The van der Waals surface area contributed by atoms with E-state index in [0.717, 1.165) is 13.0 Å². The van der Waals surface area contributed by atoms with Crippen LogP contribution in [-0.2, 0) is 6.42 Å². The topological polar surface area (TPSA) is 119 Å². The molecule has 0 atom stereocenters. The molecule has 0 aliphatic rings. The lowest BCUT2D eigenvalue weighted by atomic mass is 10.3. The molecule has 0 saturated heterocycles. The van der Waals surface area contributed by atoms with Gasteiger partial charge >= 0.3 is 5.69 Å². The highest BCUT2D eigenvalue weighted by atomic mass is 16.6. The molecule has 9 nitrogen and oxygen atoms in total. The van der Waals surface area contributed by atoms with E-state index in [9.17, 15) is 10.1 Å². The standard InChI is InChI=1S/C12H16N6O3/c1-2-6-13-10-4-3-9(18(19)20)12(17-10)14-7-5-11-15-8-16-21-11/h3-4,8H,2,5-7H2,1H3,(H2,13,14,17). The molecule has 21 heavy (non-hydrogen) atoms. The molecule has 0 bridgehead atoms. The minimum atomic E-state index is -0.467. The van der Waals surface area contributed by atoms with Gasteiger partial charge in [-0.25, -0.2) is 4.98 Å². The first kappa shape index (κ1) is 14.7. The number of pyridine rings is 1. The van der Waals surface area contributed by atoms with Crippen LogP contribution in [0.4, 0.5) is 17.3 Å². The number of anilines is 2. The molecule has 112 valence electrons. The minimum Gasteiger partial charge on any atom is -0.370 e. The average Bonchev–Trinajstić information content (AvgIpc) is 2.98. The van der Waals surface area contributed by atoms with Crippen molar-refractivity contribution in [3.05, 3.63) is 34.5 Å². The molecular formula is C12H16N6O3. The first-order valence-corrected chi connectivity index (χ1v) is 6.59. The van der Waals surface area contributed by atoms with Gasteiger partial charge < -0.3 is 15.2 Å². The van der Waals surface area contributed by atoms with Crippen molar-refractivity contribution in [1.29, 1.82) is 0 Å². The van der Waals surface area contributed by atoms with E-state index in [2.05, 4.69) is 25.8 Å². The maximum absolute atomic E-state index is 11.0. The van der Waals surface area contributed by atoms with Crippen LogP contribution in [0.3, 0.4) is 0 Å². The zero-order chi connectivity index (χ0) is 15.1. The van der Waals surface area contributed by atoms with Gasteiger partial charge in [-0.05, 0) is 12.5 Å². The summed E-state index contributed by atoms with van der Waals surface area (Å²) in [5.74, 6) is 1.29. The molecule has 9 heteroatoms. The number of nitro groups is 1. The lowest BCUT2D eigenvalue weighted by Crippen LogP contribution is -2.10. The Hall–Kier alpha value is -2.71. The second kappa shape index (κ2) is 7.17.